The predicted molar refractivity (Wildman–Crippen MR) is 36.9 cm³/mol. The third-order valence-corrected chi connectivity index (χ3v) is 2.25. The first-order valence-corrected chi connectivity index (χ1v) is 3.58. The zero-order chi connectivity index (χ0) is 9.74. The molecule has 2 unspecified atom stereocenters. The van der Waals surface area contributed by atoms with E-state index in [1.807, 2.05) is 0 Å². The number of hydrogen-bond acceptors (Lipinski definition) is 2. The predicted octanol–water partition coefficient (Wildman–Crippen LogP) is 1.38. The zero-order valence-corrected chi connectivity index (χ0v) is 6.34. The summed E-state index contributed by atoms with van der Waals surface area (Å²) in [6, 6.07) is 0. The van der Waals surface area contributed by atoms with E-state index >= 15 is 0 Å². The van der Waals surface area contributed by atoms with Gasteiger partial charge in [0.2, 0.25) is 5.60 Å². The smallest absolute Gasteiger partial charge is 0.336 e. The van der Waals surface area contributed by atoms with E-state index in [-0.39, 0.29) is 6.29 Å². The summed E-state index contributed by atoms with van der Waals surface area (Å²) in [4.78, 5) is 10.5. The van der Waals surface area contributed by atoms with Crippen molar-refractivity contribution in [1.82, 2.24) is 0 Å². The average Bonchev–Trinajstić information content (AvgIpc) is 2.74. The summed E-state index contributed by atoms with van der Waals surface area (Å²) in [5, 5.41) is 0. The van der Waals surface area contributed by atoms with E-state index in [0.717, 1.165) is 12.2 Å². The number of epoxide rings is 1. The van der Waals surface area contributed by atoms with Crippen molar-refractivity contribution in [3.8, 4) is 0 Å². The second kappa shape index (κ2) is 2.04. The third-order valence-electron chi connectivity index (χ3n) is 2.25. The molecule has 0 N–H and O–H groups in total. The summed E-state index contributed by atoms with van der Waals surface area (Å²) in [6.45, 7) is 0. The first-order chi connectivity index (χ1) is 5.97. The Kier molecular flexibility index (Phi) is 1.33. The van der Waals surface area contributed by atoms with Gasteiger partial charge in [-0.05, 0) is 12.2 Å². The van der Waals surface area contributed by atoms with Gasteiger partial charge in [-0.15, -0.1) is 0 Å². The van der Waals surface area contributed by atoms with Crippen molar-refractivity contribution in [3.05, 3.63) is 24.3 Å². The van der Waals surface area contributed by atoms with Gasteiger partial charge in [0, 0.05) is 0 Å². The van der Waals surface area contributed by atoms with Crippen LogP contribution in [0.4, 0.5) is 13.2 Å². The summed E-state index contributed by atoms with van der Waals surface area (Å²) >= 11 is 0. The number of allylic oxidation sites excluding steroid dienone is 2. The van der Waals surface area contributed by atoms with Gasteiger partial charge in [0.1, 0.15) is 0 Å². The fraction of sp³-hybridized carbons (Fsp3) is 0.375. The molecule has 1 aliphatic heterocycles. The van der Waals surface area contributed by atoms with Crippen LogP contribution in [0.5, 0.6) is 0 Å². The van der Waals surface area contributed by atoms with Gasteiger partial charge in [-0.2, -0.15) is 13.2 Å². The highest BCUT2D eigenvalue weighted by molar-refractivity contribution is 5.77. The molecular formula is C8H5F3O2. The summed E-state index contributed by atoms with van der Waals surface area (Å²) in [5.74, 6) is 0. The summed E-state index contributed by atoms with van der Waals surface area (Å²) < 4.78 is 41.8. The van der Waals surface area contributed by atoms with Crippen LogP contribution in [0.1, 0.15) is 0 Å². The van der Waals surface area contributed by atoms with E-state index < -0.39 is 17.4 Å². The number of carbonyl (C=O) groups excluding carboxylic acids is 1. The summed E-state index contributed by atoms with van der Waals surface area (Å²) in [5.41, 5.74) is -4.21. The minimum Gasteiger partial charge on any atom is -0.336 e. The molecule has 2 aliphatic rings. The molecule has 5 heteroatoms. The van der Waals surface area contributed by atoms with Crippen LogP contribution in [0.3, 0.4) is 0 Å². The second-order valence-corrected chi connectivity index (χ2v) is 2.96. The monoisotopic (exact) mass is 190 g/mol. The molecule has 0 amide bonds. The Bertz CT molecular complexity index is 318. The SMILES string of the molecule is O=CC12C=CC=CC1(C(F)(F)F)O2. The lowest BCUT2D eigenvalue weighted by molar-refractivity contribution is -0.170. The molecule has 2 nitrogen and oxygen atoms in total. The maximum absolute atomic E-state index is 12.4. The Balaban J connectivity index is 2.44. The Morgan fingerprint density at radius 3 is 2.31 bits per heavy atom. The lowest BCUT2D eigenvalue weighted by atomic mass is 9.89. The van der Waals surface area contributed by atoms with Gasteiger partial charge in [0.15, 0.2) is 11.9 Å². The third kappa shape index (κ3) is 0.798. The van der Waals surface area contributed by atoms with E-state index in [0.29, 0.717) is 0 Å². The van der Waals surface area contributed by atoms with Crippen LogP contribution in [-0.4, -0.2) is 23.7 Å². The first kappa shape index (κ1) is 8.50. The highest BCUT2D eigenvalue weighted by atomic mass is 19.4. The molecule has 0 aromatic rings. The maximum atomic E-state index is 12.4. The quantitative estimate of drug-likeness (QED) is 0.461. The molecule has 0 radical (unpaired) electrons. The van der Waals surface area contributed by atoms with Crippen molar-refractivity contribution in [2.75, 3.05) is 0 Å². The molecule has 1 heterocycles. The molecule has 70 valence electrons. The minimum atomic E-state index is -4.55. The van der Waals surface area contributed by atoms with Gasteiger partial charge in [0.05, 0.1) is 0 Å². The van der Waals surface area contributed by atoms with Crippen molar-refractivity contribution in [1.29, 1.82) is 0 Å². The largest absolute Gasteiger partial charge is 0.424 e. The van der Waals surface area contributed by atoms with E-state index in [2.05, 4.69) is 4.74 Å². The molecular weight excluding hydrogens is 185 g/mol. The Hall–Kier alpha value is -1.10. The normalized spacial score (nSPS) is 41.5. The van der Waals surface area contributed by atoms with Crippen LogP contribution in [-0.2, 0) is 9.53 Å². The molecule has 1 fully saturated rings. The van der Waals surface area contributed by atoms with Gasteiger partial charge < -0.3 is 4.74 Å². The van der Waals surface area contributed by atoms with Crippen LogP contribution in [0, 0.1) is 0 Å². The number of carbonyl (C=O) groups is 1. The number of rotatable bonds is 1. The molecule has 0 spiro atoms. The molecule has 2 atom stereocenters. The highest BCUT2D eigenvalue weighted by Gasteiger charge is 2.81. The highest BCUT2D eigenvalue weighted by Crippen LogP contribution is 2.59. The van der Waals surface area contributed by atoms with Crippen LogP contribution in [0.2, 0.25) is 0 Å². The Morgan fingerprint density at radius 1 is 1.23 bits per heavy atom. The van der Waals surface area contributed by atoms with Gasteiger partial charge >= 0.3 is 6.18 Å². The number of ether oxygens (including phenoxy) is 1. The summed E-state index contributed by atoms with van der Waals surface area (Å²) in [7, 11) is 0. The van der Waals surface area contributed by atoms with Crippen molar-refractivity contribution in [2.24, 2.45) is 0 Å². The lowest BCUT2D eigenvalue weighted by Crippen LogP contribution is -2.39. The van der Waals surface area contributed by atoms with Crippen LogP contribution in [0.25, 0.3) is 0 Å². The number of halogens is 3. The molecule has 0 aromatic heterocycles. The standard InChI is InChI=1S/C8H5F3O2/c9-8(10,11)7-4-2-1-3-6(7,5-12)13-7/h1-5H. The molecule has 2 rings (SSSR count). The molecule has 13 heavy (non-hydrogen) atoms. The molecule has 1 aliphatic carbocycles. The molecule has 0 bridgehead atoms. The van der Waals surface area contributed by atoms with Crippen LogP contribution >= 0.6 is 0 Å². The minimum absolute atomic E-state index is 0.181. The second-order valence-electron chi connectivity index (χ2n) is 2.96. The van der Waals surface area contributed by atoms with E-state index in [4.69, 9.17) is 0 Å². The maximum Gasteiger partial charge on any atom is 0.424 e. The zero-order valence-electron chi connectivity index (χ0n) is 6.34. The number of aldehydes is 1. The first-order valence-electron chi connectivity index (χ1n) is 3.58. The number of alkyl halides is 3. The lowest BCUT2D eigenvalue weighted by Gasteiger charge is -2.15. The number of fused-ring (bicyclic) bond motifs is 1. The van der Waals surface area contributed by atoms with E-state index in [9.17, 15) is 18.0 Å². The van der Waals surface area contributed by atoms with Crippen molar-refractivity contribution in [2.45, 2.75) is 17.4 Å². The fourth-order valence-corrected chi connectivity index (χ4v) is 1.48. The van der Waals surface area contributed by atoms with Gasteiger partial charge in [-0.3, -0.25) is 4.79 Å². The van der Waals surface area contributed by atoms with Gasteiger partial charge in [0.25, 0.3) is 0 Å². The Morgan fingerprint density at radius 2 is 1.85 bits per heavy atom. The topological polar surface area (TPSA) is 29.6 Å². The molecule has 0 aromatic carbocycles. The number of hydrogen-bond donors (Lipinski definition) is 0. The van der Waals surface area contributed by atoms with Crippen LogP contribution < -0.4 is 0 Å². The van der Waals surface area contributed by atoms with E-state index in [1.165, 1.54) is 12.2 Å². The van der Waals surface area contributed by atoms with Crippen LogP contribution in [0.15, 0.2) is 24.3 Å². The average molecular weight is 190 g/mol. The molecule has 0 saturated carbocycles. The van der Waals surface area contributed by atoms with Crippen molar-refractivity contribution in [3.63, 3.8) is 0 Å². The van der Waals surface area contributed by atoms with Crippen molar-refractivity contribution >= 4 is 6.29 Å². The van der Waals surface area contributed by atoms with Gasteiger partial charge in [-0.25, -0.2) is 0 Å². The van der Waals surface area contributed by atoms with Crippen molar-refractivity contribution < 1.29 is 22.7 Å². The fourth-order valence-electron chi connectivity index (χ4n) is 1.48. The Labute approximate surface area is 71.7 Å². The summed E-state index contributed by atoms with van der Waals surface area (Å²) in [6.07, 6.45) is 0.207. The molecule has 1 saturated heterocycles. The van der Waals surface area contributed by atoms with E-state index in [1.54, 1.807) is 0 Å². The van der Waals surface area contributed by atoms with Gasteiger partial charge in [-0.1, -0.05) is 12.2 Å².